The SMILES string of the molecule is Cc1nc2ccccc2nc1CS(=O)(=O)c1ccc2c(c1)OCCCO2. The van der Waals surface area contributed by atoms with E-state index in [-0.39, 0.29) is 10.6 Å². The van der Waals surface area contributed by atoms with Gasteiger partial charge in [-0.3, -0.25) is 0 Å². The van der Waals surface area contributed by atoms with Gasteiger partial charge in [0.2, 0.25) is 0 Å². The number of sulfone groups is 1. The zero-order valence-corrected chi connectivity index (χ0v) is 15.1. The van der Waals surface area contributed by atoms with Crippen molar-refractivity contribution in [2.75, 3.05) is 13.2 Å². The van der Waals surface area contributed by atoms with Gasteiger partial charge in [0.05, 0.1) is 46.3 Å². The van der Waals surface area contributed by atoms with Crippen molar-refractivity contribution >= 4 is 20.9 Å². The Bertz CT molecular complexity index is 1080. The molecule has 0 saturated heterocycles. The van der Waals surface area contributed by atoms with Gasteiger partial charge in [0.1, 0.15) is 0 Å². The van der Waals surface area contributed by atoms with E-state index in [9.17, 15) is 8.42 Å². The predicted octanol–water partition coefficient (Wildman–Crippen LogP) is 3.07. The second kappa shape index (κ2) is 6.57. The largest absolute Gasteiger partial charge is 0.490 e. The molecule has 1 aliphatic rings. The molecule has 2 aromatic carbocycles. The maximum absolute atomic E-state index is 12.9. The standard InChI is InChI=1S/C19H18N2O4S/c1-13-17(21-16-6-3-2-5-15(16)20-13)12-26(22,23)14-7-8-18-19(11-14)25-10-4-9-24-18/h2-3,5-8,11H,4,9-10,12H2,1H3. The topological polar surface area (TPSA) is 78.4 Å². The number of para-hydroxylation sites is 2. The fourth-order valence-electron chi connectivity index (χ4n) is 2.86. The van der Waals surface area contributed by atoms with Crippen LogP contribution in [-0.4, -0.2) is 31.6 Å². The lowest BCUT2D eigenvalue weighted by Crippen LogP contribution is -2.09. The molecule has 0 N–H and O–H groups in total. The molecule has 0 atom stereocenters. The lowest BCUT2D eigenvalue weighted by Gasteiger charge is -2.11. The fraction of sp³-hybridized carbons (Fsp3) is 0.263. The van der Waals surface area contributed by atoms with Gasteiger partial charge in [-0.2, -0.15) is 0 Å². The fourth-order valence-corrected chi connectivity index (χ4v) is 4.22. The van der Waals surface area contributed by atoms with Crippen LogP contribution in [0.1, 0.15) is 17.8 Å². The van der Waals surface area contributed by atoms with Crippen LogP contribution in [0.15, 0.2) is 47.4 Å². The summed E-state index contributed by atoms with van der Waals surface area (Å²) in [6, 6.07) is 12.1. The number of aromatic nitrogens is 2. The van der Waals surface area contributed by atoms with Crippen molar-refractivity contribution in [1.82, 2.24) is 9.97 Å². The second-order valence-electron chi connectivity index (χ2n) is 6.16. The molecule has 0 bridgehead atoms. The van der Waals surface area contributed by atoms with Crippen molar-refractivity contribution in [1.29, 1.82) is 0 Å². The Balaban J connectivity index is 1.69. The molecule has 7 heteroatoms. The number of benzene rings is 2. The molecule has 134 valence electrons. The Labute approximate surface area is 151 Å². The first-order valence-electron chi connectivity index (χ1n) is 8.38. The van der Waals surface area contributed by atoms with Crippen molar-refractivity contribution in [3.63, 3.8) is 0 Å². The third-order valence-electron chi connectivity index (χ3n) is 4.25. The first kappa shape index (κ1) is 16.8. The summed E-state index contributed by atoms with van der Waals surface area (Å²) in [4.78, 5) is 9.15. The number of hydrogen-bond donors (Lipinski definition) is 0. The third kappa shape index (κ3) is 3.22. The minimum absolute atomic E-state index is 0.191. The minimum Gasteiger partial charge on any atom is -0.490 e. The quantitative estimate of drug-likeness (QED) is 0.705. The summed E-state index contributed by atoms with van der Waals surface area (Å²) >= 11 is 0. The van der Waals surface area contributed by atoms with Gasteiger partial charge in [0.15, 0.2) is 21.3 Å². The van der Waals surface area contributed by atoms with Crippen molar-refractivity contribution in [3.8, 4) is 11.5 Å². The maximum atomic E-state index is 12.9. The Morgan fingerprint density at radius 3 is 2.42 bits per heavy atom. The predicted molar refractivity (Wildman–Crippen MR) is 97.2 cm³/mol. The van der Waals surface area contributed by atoms with E-state index in [0.29, 0.717) is 41.6 Å². The Hall–Kier alpha value is -2.67. The molecular weight excluding hydrogens is 352 g/mol. The van der Waals surface area contributed by atoms with Crippen LogP contribution in [0.5, 0.6) is 11.5 Å². The summed E-state index contributed by atoms with van der Waals surface area (Å²) in [6.07, 6.45) is 0.767. The zero-order chi connectivity index (χ0) is 18.1. The van der Waals surface area contributed by atoms with Gasteiger partial charge in [-0.15, -0.1) is 0 Å². The van der Waals surface area contributed by atoms with Gasteiger partial charge in [0.25, 0.3) is 0 Å². The molecular formula is C19H18N2O4S. The molecule has 1 aromatic heterocycles. The number of rotatable bonds is 3. The first-order chi connectivity index (χ1) is 12.5. The van der Waals surface area contributed by atoms with E-state index < -0.39 is 9.84 Å². The molecule has 1 aliphatic heterocycles. The summed E-state index contributed by atoms with van der Waals surface area (Å²) in [5.74, 6) is 0.823. The van der Waals surface area contributed by atoms with Crippen LogP contribution in [-0.2, 0) is 15.6 Å². The monoisotopic (exact) mass is 370 g/mol. The molecule has 26 heavy (non-hydrogen) atoms. The Morgan fingerprint density at radius 1 is 0.962 bits per heavy atom. The normalized spacial score (nSPS) is 14.2. The van der Waals surface area contributed by atoms with Gasteiger partial charge >= 0.3 is 0 Å². The van der Waals surface area contributed by atoms with Crippen molar-refractivity contribution in [3.05, 3.63) is 53.9 Å². The molecule has 3 aromatic rings. The second-order valence-corrected chi connectivity index (χ2v) is 8.15. The van der Waals surface area contributed by atoms with E-state index in [4.69, 9.17) is 9.47 Å². The van der Waals surface area contributed by atoms with Crippen LogP contribution >= 0.6 is 0 Å². The highest BCUT2D eigenvalue weighted by molar-refractivity contribution is 7.90. The highest BCUT2D eigenvalue weighted by atomic mass is 32.2. The molecule has 6 nitrogen and oxygen atoms in total. The van der Waals surface area contributed by atoms with Crippen LogP contribution in [0, 0.1) is 6.92 Å². The van der Waals surface area contributed by atoms with E-state index in [1.54, 1.807) is 19.1 Å². The number of ether oxygens (including phenoxy) is 2. The summed E-state index contributed by atoms with van der Waals surface area (Å²) in [6.45, 7) is 2.84. The Morgan fingerprint density at radius 2 is 1.65 bits per heavy atom. The zero-order valence-electron chi connectivity index (χ0n) is 14.3. The van der Waals surface area contributed by atoms with Crippen LogP contribution in [0.3, 0.4) is 0 Å². The van der Waals surface area contributed by atoms with Gasteiger partial charge in [-0.05, 0) is 31.2 Å². The van der Waals surface area contributed by atoms with Gasteiger partial charge < -0.3 is 9.47 Å². The number of fused-ring (bicyclic) bond motifs is 2. The minimum atomic E-state index is -3.59. The van der Waals surface area contributed by atoms with Crippen molar-refractivity contribution in [2.45, 2.75) is 24.0 Å². The van der Waals surface area contributed by atoms with E-state index in [1.807, 2.05) is 24.3 Å². The van der Waals surface area contributed by atoms with E-state index in [2.05, 4.69) is 9.97 Å². The van der Waals surface area contributed by atoms with Crippen LogP contribution in [0.2, 0.25) is 0 Å². The lowest BCUT2D eigenvalue weighted by atomic mass is 10.2. The highest BCUT2D eigenvalue weighted by Crippen LogP contribution is 2.33. The summed E-state index contributed by atoms with van der Waals surface area (Å²) in [7, 11) is -3.59. The smallest absolute Gasteiger partial charge is 0.184 e. The van der Waals surface area contributed by atoms with Crippen LogP contribution < -0.4 is 9.47 Å². The third-order valence-corrected chi connectivity index (χ3v) is 5.87. The molecule has 2 heterocycles. The summed E-state index contributed by atoms with van der Waals surface area (Å²) in [5, 5.41) is 0. The van der Waals surface area contributed by atoms with E-state index in [1.165, 1.54) is 6.07 Å². The molecule has 0 aliphatic carbocycles. The molecule has 0 radical (unpaired) electrons. The average Bonchev–Trinajstić information content (AvgIpc) is 2.87. The average molecular weight is 370 g/mol. The number of aryl methyl sites for hydroxylation is 1. The van der Waals surface area contributed by atoms with Gasteiger partial charge in [0, 0.05) is 12.5 Å². The van der Waals surface area contributed by atoms with Crippen molar-refractivity contribution < 1.29 is 17.9 Å². The first-order valence-corrected chi connectivity index (χ1v) is 10.0. The summed E-state index contributed by atoms with van der Waals surface area (Å²) in [5.41, 5.74) is 2.50. The van der Waals surface area contributed by atoms with Crippen LogP contribution in [0.25, 0.3) is 11.0 Å². The highest BCUT2D eigenvalue weighted by Gasteiger charge is 2.21. The summed E-state index contributed by atoms with van der Waals surface area (Å²) < 4.78 is 37.0. The van der Waals surface area contributed by atoms with E-state index in [0.717, 1.165) is 11.9 Å². The molecule has 0 saturated carbocycles. The molecule has 0 unspecified atom stereocenters. The van der Waals surface area contributed by atoms with Gasteiger partial charge in [-0.25, -0.2) is 18.4 Å². The Kier molecular flexibility index (Phi) is 4.24. The molecule has 4 rings (SSSR count). The molecule has 0 spiro atoms. The maximum Gasteiger partial charge on any atom is 0.184 e. The number of hydrogen-bond acceptors (Lipinski definition) is 6. The molecule has 0 amide bonds. The molecule has 0 fully saturated rings. The van der Waals surface area contributed by atoms with Crippen molar-refractivity contribution in [2.24, 2.45) is 0 Å². The number of nitrogens with zero attached hydrogens (tertiary/aromatic N) is 2. The van der Waals surface area contributed by atoms with Gasteiger partial charge in [-0.1, -0.05) is 12.1 Å². The lowest BCUT2D eigenvalue weighted by molar-refractivity contribution is 0.297. The van der Waals surface area contributed by atoms with Crippen LogP contribution in [0.4, 0.5) is 0 Å². The van der Waals surface area contributed by atoms with E-state index >= 15 is 0 Å².